The normalized spacial score (nSPS) is 15.4. The van der Waals surface area contributed by atoms with Crippen molar-refractivity contribution in [2.45, 2.75) is 45.3 Å². The van der Waals surface area contributed by atoms with Crippen LogP contribution in [0.1, 0.15) is 42.6 Å². The van der Waals surface area contributed by atoms with Crippen LogP contribution in [0.4, 0.5) is 0 Å². The smallest absolute Gasteiger partial charge is 0.255 e. The lowest BCUT2D eigenvalue weighted by atomic mass is 10.1. The first-order chi connectivity index (χ1) is 14.5. The van der Waals surface area contributed by atoms with Gasteiger partial charge in [-0.05, 0) is 43.2 Å². The fourth-order valence-electron chi connectivity index (χ4n) is 3.61. The molecule has 30 heavy (non-hydrogen) atoms. The number of hydrogen-bond acceptors (Lipinski definition) is 5. The Morgan fingerprint density at radius 3 is 2.67 bits per heavy atom. The third-order valence-electron chi connectivity index (χ3n) is 5.25. The van der Waals surface area contributed by atoms with Crippen LogP contribution in [0, 0.1) is 0 Å². The van der Waals surface area contributed by atoms with Gasteiger partial charge in [-0.1, -0.05) is 6.07 Å². The Bertz CT molecular complexity index is 864. The van der Waals surface area contributed by atoms with Gasteiger partial charge in [-0.2, -0.15) is 0 Å². The maximum absolute atomic E-state index is 13.0. The van der Waals surface area contributed by atoms with Crippen molar-refractivity contribution in [3.05, 3.63) is 53.9 Å². The van der Waals surface area contributed by atoms with Gasteiger partial charge in [-0.25, -0.2) is 0 Å². The predicted octanol–water partition coefficient (Wildman–Crippen LogP) is 2.84. The average Bonchev–Trinajstić information content (AvgIpc) is 2.75. The highest BCUT2D eigenvalue weighted by Crippen LogP contribution is 2.27. The van der Waals surface area contributed by atoms with Gasteiger partial charge in [0.1, 0.15) is 17.6 Å². The van der Waals surface area contributed by atoms with Crippen LogP contribution < -0.4 is 14.8 Å². The van der Waals surface area contributed by atoms with E-state index in [1.54, 1.807) is 44.6 Å². The first kappa shape index (κ1) is 21.6. The summed E-state index contributed by atoms with van der Waals surface area (Å²) in [5.41, 5.74) is 1.51. The van der Waals surface area contributed by atoms with E-state index >= 15 is 0 Å². The van der Waals surface area contributed by atoms with E-state index in [-0.39, 0.29) is 24.0 Å². The van der Waals surface area contributed by atoms with Crippen molar-refractivity contribution in [1.29, 1.82) is 0 Å². The van der Waals surface area contributed by atoms with Crippen LogP contribution >= 0.6 is 0 Å². The molecule has 1 N–H and O–H groups in total. The van der Waals surface area contributed by atoms with Gasteiger partial charge in [0, 0.05) is 51.3 Å². The summed E-state index contributed by atoms with van der Waals surface area (Å²) in [5.74, 6) is 1.00. The highest BCUT2D eigenvalue weighted by atomic mass is 16.5. The molecule has 0 saturated carbocycles. The maximum atomic E-state index is 13.0. The van der Waals surface area contributed by atoms with Gasteiger partial charge in [-0.15, -0.1) is 0 Å². The van der Waals surface area contributed by atoms with Crippen LogP contribution in [0.3, 0.4) is 0 Å². The topological polar surface area (TPSA) is 80.8 Å². The predicted molar refractivity (Wildman–Crippen MR) is 114 cm³/mol. The molecule has 1 fully saturated rings. The van der Waals surface area contributed by atoms with Crippen molar-refractivity contribution < 1.29 is 19.1 Å². The van der Waals surface area contributed by atoms with E-state index in [1.165, 1.54) is 0 Å². The Balaban J connectivity index is 1.68. The Kier molecular flexibility index (Phi) is 7.27. The number of hydrogen-bond donors (Lipinski definition) is 1. The van der Waals surface area contributed by atoms with Crippen LogP contribution in [0.25, 0.3) is 0 Å². The number of likely N-dealkylation sites (tertiary alicyclic amines) is 1. The number of aromatic nitrogens is 1. The van der Waals surface area contributed by atoms with Crippen LogP contribution in [0.2, 0.25) is 0 Å². The molecule has 1 aliphatic heterocycles. The number of carbonyl (C=O) groups excluding carboxylic acids is 2. The Hall–Kier alpha value is -3.09. The average molecular weight is 412 g/mol. The molecule has 1 aromatic heterocycles. The van der Waals surface area contributed by atoms with Gasteiger partial charge in [-0.3, -0.25) is 14.6 Å². The zero-order valence-corrected chi connectivity index (χ0v) is 17.8. The van der Waals surface area contributed by atoms with Crippen molar-refractivity contribution in [1.82, 2.24) is 15.2 Å². The molecule has 1 saturated heterocycles. The number of nitrogens with one attached hydrogen (secondary N) is 1. The highest BCUT2D eigenvalue weighted by Gasteiger charge is 2.24. The lowest BCUT2D eigenvalue weighted by molar-refractivity contribution is -0.130. The molecule has 2 amide bonds. The number of benzene rings is 1. The van der Waals surface area contributed by atoms with Crippen molar-refractivity contribution >= 4 is 11.8 Å². The van der Waals surface area contributed by atoms with Crippen LogP contribution in [0.15, 0.2) is 42.7 Å². The minimum atomic E-state index is -0.207. The molecule has 1 atom stereocenters. The summed E-state index contributed by atoms with van der Waals surface area (Å²) in [6, 6.07) is 9.07. The lowest BCUT2D eigenvalue weighted by Gasteiger charge is -2.32. The van der Waals surface area contributed by atoms with Gasteiger partial charge in [0.25, 0.3) is 5.91 Å². The first-order valence-electron chi connectivity index (χ1n) is 10.3. The second kappa shape index (κ2) is 10.1. The largest absolute Gasteiger partial charge is 0.497 e. The number of rotatable bonds is 7. The number of piperidine rings is 1. The van der Waals surface area contributed by atoms with Crippen LogP contribution in [0.5, 0.6) is 11.5 Å². The number of pyridine rings is 1. The molecule has 3 rings (SSSR count). The van der Waals surface area contributed by atoms with E-state index in [2.05, 4.69) is 10.3 Å². The molecule has 1 aromatic carbocycles. The SMILES string of the molecule is COc1ccc(OC2CCN(C(C)=O)CC2)c(C(=O)N[C@H](C)Cc2cccnc2)c1. The van der Waals surface area contributed by atoms with Crippen LogP contribution in [-0.4, -0.2) is 54.0 Å². The van der Waals surface area contributed by atoms with Crippen molar-refractivity contribution in [3.63, 3.8) is 0 Å². The molecule has 0 aliphatic carbocycles. The Labute approximate surface area is 177 Å². The molecular weight excluding hydrogens is 382 g/mol. The number of ether oxygens (including phenoxy) is 2. The molecule has 0 spiro atoms. The Morgan fingerprint density at radius 2 is 2.03 bits per heavy atom. The lowest BCUT2D eigenvalue weighted by Crippen LogP contribution is -2.41. The highest BCUT2D eigenvalue weighted by molar-refractivity contribution is 5.97. The minimum Gasteiger partial charge on any atom is -0.497 e. The van der Waals surface area contributed by atoms with Gasteiger partial charge in [0.05, 0.1) is 12.7 Å². The van der Waals surface area contributed by atoms with E-state index in [1.807, 2.05) is 24.0 Å². The molecule has 1 aliphatic rings. The van der Waals surface area contributed by atoms with E-state index in [0.717, 1.165) is 18.4 Å². The quantitative estimate of drug-likeness (QED) is 0.758. The molecule has 2 heterocycles. The number of nitrogens with zero attached hydrogens (tertiary/aromatic N) is 2. The van der Waals surface area contributed by atoms with E-state index in [9.17, 15) is 9.59 Å². The Morgan fingerprint density at radius 1 is 1.27 bits per heavy atom. The summed E-state index contributed by atoms with van der Waals surface area (Å²) >= 11 is 0. The molecule has 2 aromatic rings. The molecule has 160 valence electrons. The van der Waals surface area contributed by atoms with Gasteiger partial charge < -0.3 is 19.7 Å². The van der Waals surface area contributed by atoms with Gasteiger partial charge >= 0.3 is 0 Å². The number of methoxy groups -OCH3 is 1. The molecule has 0 radical (unpaired) electrons. The third kappa shape index (κ3) is 5.72. The van der Waals surface area contributed by atoms with E-state index in [4.69, 9.17) is 9.47 Å². The molecule has 7 nitrogen and oxygen atoms in total. The van der Waals surface area contributed by atoms with Gasteiger partial charge in [0.15, 0.2) is 0 Å². The van der Waals surface area contributed by atoms with Crippen molar-refractivity contribution in [3.8, 4) is 11.5 Å². The van der Waals surface area contributed by atoms with E-state index in [0.29, 0.717) is 36.6 Å². The fraction of sp³-hybridized carbons (Fsp3) is 0.435. The monoisotopic (exact) mass is 411 g/mol. The fourth-order valence-corrected chi connectivity index (χ4v) is 3.61. The van der Waals surface area contributed by atoms with Crippen molar-refractivity contribution in [2.75, 3.05) is 20.2 Å². The summed E-state index contributed by atoms with van der Waals surface area (Å²) in [6.45, 7) is 4.88. The number of amides is 2. The first-order valence-corrected chi connectivity index (χ1v) is 10.3. The molecule has 7 heteroatoms. The van der Waals surface area contributed by atoms with Gasteiger partial charge in [0.2, 0.25) is 5.91 Å². The number of carbonyl (C=O) groups is 2. The maximum Gasteiger partial charge on any atom is 0.255 e. The summed E-state index contributed by atoms with van der Waals surface area (Å²) in [5, 5.41) is 3.04. The second-order valence-electron chi connectivity index (χ2n) is 7.63. The molecule has 0 unspecified atom stereocenters. The van der Waals surface area contributed by atoms with E-state index < -0.39 is 0 Å². The van der Waals surface area contributed by atoms with Crippen molar-refractivity contribution in [2.24, 2.45) is 0 Å². The summed E-state index contributed by atoms with van der Waals surface area (Å²) < 4.78 is 11.5. The molecule has 0 bridgehead atoms. The summed E-state index contributed by atoms with van der Waals surface area (Å²) in [4.78, 5) is 30.5. The summed E-state index contributed by atoms with van der Waals surface area (Å²) in [7, 11) is 1.57. The summed E-state index contributed by atoms with van der Waals surface area (Å²) in [6.07, 6.45) is 5.66. The second-order valence-corrected chi connectivity index (χ2v) is 7.63. The zero-order chi connectivity index (χ0) is 21.5. The zero-order valence-electron chi connectivity index (χ0n) is 17.8. The van der Waals surface area contributed by atoms with Crippen LogP contribution in [-0.2, 0) is 11.2 Å². The third-order valence-corrected chi connectivity index (χ3v) is 5.25. The molecular formula is C23H29N3O4. The minimum absolute atomic E-state index is 0.0339. The standard InChI is InChI=1S/C23H29N3O4/c1-16(13-18-5-4-10-24-15-18)25-23(28)21-14-20(29-3)6-7-22(21)30-19-8-11-26(12-9-19)17(2)27/h4-7,10,14-16,19H,8-9,11-13H2,1-3H3,(H,25,28)/t16-/m1/s1.